The molecule has 0 aromatic heterocycles. The Morgan fingerprint density at radius 3 is 2.79 bits per heavy atom. The number of amides is 1. The molecule has 3 N–H and O–H groups in total. The van der Waals surface area contributed by atoms with Crippen molar-refractivity contribution >= 4 is 5.91 Å². The number of rotatable bonds is 3. The van der Waals surface area contributed by atoms with Crippen LogP contribution in [0.15, 0.2) is 0 Å². The Labute approximate surface area is 84.8 Å². The van der Waals surface area contributed by atoms with Crippen LogP contribution in [0.4, 0.5) is 0 Å². The summed E-state index contributed by atoms with van der Waals surface area (Å²) < 4.78 is 0. The smallest absolute Gasteiger partial charge is 0.217 e. The molecular weight excluding hydrogens is 178 g/mol. The molecule has 14 heavy (non-hydrogen) atoms. The third-order valence-electron chi connectivity index (χ3n) is 3.31. The van der Waals surface area contributed by atoms with Gasteiger partial charge in [-0.3, -0.25) is 9.69 Å². The van der Waals surface area contributed by atoms with Crippen molar-refractivity contribution < 1.29 is 4.79 Å². The highest BCUT2D eigenvalue weighted by Crippen LogP contribution is 2.24. The minimum atomic E-state index is -0.164. The number of primary amides is 1. The highest BCUT2D eigenvalue weighted by molar-refractivity contribution is 5.74. The first-order chi connectivity index (χ1) is 6.77. The minimum Gasteiger partial charge on any atom is -0.370 e. The Hall–Kier alpha value is -0.610. The summed E-state index contributed by atoms with van der Waals surface area (Å²) in [5.41, 5.74) is 5.25. The van der Waals surface area contributed by atoms with Gasteiger partial charge in [-0.15, -0.1) is 0 Å². The van der Waals surface area contributed by atoms with Gasteiger partial charge in [0.25, 0.3) is 0 Å². The summed E-state index contributed by atoms with van der Waals surface area (Å²) in [6.07, 6.45) is 4.62. The molecule has 0 aromatic rings. The van der Waals surface area contributed by atoms with Gasteiger partial charge in [0.05, 0.1) is 6.17 Å². The number of hydrogen-bond acceptors (Lipinski definition) is 3. The molecule has 2 fully saturated rings. The maximum atomic E-state index is 10.9. The second-order valence-corrected chi connectivity index (χ2v) is 4.36. The Balaban J connectivity index is 1.92. The van der Waals surface area contributed by atoms with Gasteiger partial charge in [-0.2, -0.15) is 0 Å². The van der Waals surface area contributed by atoms with Crippen molar-refractivity contribution in [3.05, 3.63) is 0 Å². The lowest BCUT2D eigenvalue weighted by atomic mass is 10.0. The molecule has 0 saturated carbocycles. The van der Waals surface area contributed by atoms with Crippen LogP contribution in [0.2, 0.25) is 0 Å². The molecular formula is C10H19N3O. The van der Waals surface area contributed by atoms with E-state index in [4.69, 9.17) is 5.73 Å². The second-order valence-electron chi connectivity index (χ2n) is 4.36. The maximum absolute atomic E-state index is 10.9. The van der Waals surface area contributed by atoms with E-state index >= 15 is 0 Å². The van der Waals surface area contributed by atoms with Gasteiger partial charge in [-0.1, -0.05) is 0 Å². The van der Waals surface area contributed by atoms with Gasteiger partial charge >= 0.3 is 0 Å². The fourth-order valence-corrected chi connectivity index (χ4v) is 2.66. The average Bonchev–Trinajstić information content (AvgIpc) is 2.70. The summed E-state index contributed by atoms with van der Waals surface area (Å²) >= 11 is 0. The van der Waals surface area contributed by atoms with Crippen LogP contribution in [0.25, 0.3) is 0 Å². The fourth-order valence-electron chi connectivity index (χ4n) is 2.66. The quantitative estimate of drug-likeness (QED) is 0.664. The zero-order valence-corrected chi connectivity index (χ0v) is 8.54. The van der Waals surface area contributed by atoms with E-state index in [9.17, 15) is 4.79 Å². The van der Waals surface area contributed by atoms with Crippen LogP contribution in [0.5, 0.6) is 0 Å². The van der Waals surface area contributed by atoms with Crippen molar-refractivity contribution in [1.29, 1.82) is 0 Å². The van der Waals surface area contributed by atoms with Gasteiger partial charge < -0.3 is 11.1 Å². The molecule has 0 radical (unpaired) electrons. The topological polar surface area (TPSA) is 58.4 Å². The number of carbonyl (C=O) groups excluding carboxylic acids is 1. The van der Waals surface area contributed by atoms with Crippen LogP contribution in [-0.4, -0.2) is 36.6 Å². The van der Waals surface area contributed by atoms with E-state index in [1.807, 2.05) is 0 Å². The summed E-state index contributed by atoms with van der Waals surface area (Å²) in [6.45, 7) is 3.37. The number of nitrogens with two attached hydrogens (primary N) is 1. The van der Waals surface area contributed by atoms with E-state index in [2.05, 4.69) is 10.2 Å². The van der Waals surface area contributed by atoms with Crippen molar-refractivity contribution in [3.63, 3.8) is 0 Å². The van der Waals surface area contributed by atoms with Gasteiger partial charge in [0.2, 0.25) is 5.91 Å². The van der Waals surface area contributed by atoms with Gasteiger partial charge in [0, 0.05) is 6.42 Å². The third-order valence-corrected chi connectivity index (χ3v) is 3.31. The first kappa shape index (κ1) is 9.93. The number of hydrogen-bond donors (Lipinski definition) is 2. The first-order valence-corrected chi connectivity index (χ1v) is 5.53. The van der Waals surface area contributed by atoms with Crippen LogP contribution in [0.3, 0.4) is 0 Å². The minimum absolute atomic E-state index is 0.164. The number of nitrogens with zero attached hydrogens (tertiary/aromatic N) is 1. The highest BCUT2D eigenvalue weighted by atomic mass is 16.1. The lowest BCUT2D eigenvalue weighted by Crippen LogP contribution is -2.44. The van der Waals surface area contributed by atoms with Crippen LogP contribution >= 0.6 is 0 Å². The molecule has 0 bridgehead atoms. The Bertz CT molecular complexity index is 213. The van der Waals surface area contributed by atoms with Crippen molar-refractivity contribution in [2.45, 2.75) is 31.8 Å². The van der Waals surface area contributed by atoms with Gasteiger partial charge in [-0.25, -0.2) is 0 Å². The molecule has 2 heterocycles. The molecule has 2 aliphatic heterocycles. The molecule has 0 aromatic carbocycles. The summed E-state index contributed by atoms with van der Waals surface area (Å²) in [5, 5.41) is 3.47. The standard InChI is InChI=1S/C10H19N3O/c11-9(14)7-8-3-4-12-10(8)13-5-1-2-6-13/h8,10,12H,1-7H2,(H2,11,14). The van der Waals surface area contributed by atoms with Gasteiger partial charge in [0.15, 0.2) is 0 Å². The zero-order chi connectivity index (χ0) is 9.97. The lowest BCUT2D eigenvalue weighted by molar-refractivity contribution is -0.119. The van der Waals surface area contributed by atoms with Crippen LogP contribution in [-0.2, 0) is 4.79 Å². The summed E-state index contributed by atoms with van der Waals surface area (Å²) in [7, 11) is 0. The Morgan fingerprint density at radius 2 is 2.14 bits per heavy atom. The summed E-state index contributed by atoms with van der Waals surface area (Å²) in [6, 6.07) is 0. The molecule has 2 atom stereocenters. The first-order valence-electron chi connectivity index (χ1n) is 5.53. The van der Waals surface area contributed by atoms with Gasteiger partial charge in [0.1, 0.15) is 0 Å². The molecule has 0 aliphatic carbocycles. The normalized spacial score (nSPS) is 33.7. The van der Waals surface area contributed by atoms with Gasteiger partial charge in [-0.05, 0) is 44.8 Å². The van der Waals surface area contributed by atoms with Crippen LogP contribution in [0.1, 0.15) is 25.7 Å². The molecule has 2 saturated heterocycles. The van der Waals surface area contributed by atoms with Crippen LogP contribution in [0, 0.1) is 5.92 Å². The predicted molar refractivity (Wildman–Crippen MR) is 54.5 cm³/mol. The lowest BCUT2D eigenvalue weighted by Gasteiger charge is -2.28. The predicted octanol–water partition coefficient (Wildman–Crippen LogP) is -0.107. The average molecular weight is 197 g/mol. The Kier molecular flexibility index (Phi) is 3.03. The number of likely N-dealkylation sites (tertiary alicyclic amines) is 1. The third kappa shape index (κ3) is 2.07. The van der Waals surface area contributed by atoms with E-state index in [0.717, 1.165) is 13.0 Å². The van der Waals surface area contributed by atoms with Crippen LogP contribution < -0.4 is 11.1 Å². The van der Waals surface area contributed by atoms with Crippen molar-refractivity contribution in [3.8, 4) is 0 Å². The van der Waals surface area contributed by atoms with E-state index in [0.29, 0.717) is 18.5 Å². The maximum Gasteiger partial charge on any atom is 0.217 e. The van der Waals surface area contributed by atoms with Crippen molar-refractivity contribution in [1.82, 2.24) is 10.2 Å². The fraction of sp³-hybridized carbons (Fsp3) is 0.900. The molecule has 1 amide bonds. The number of nitrogens with one attached hydrogen (secondary N) is 1. The molecule has 0 spiro atoms. The molecule has 4 nitrogen and oxygen atoms in total. The molecule has 2 rings (SSSR count). The van der Waals surface area contributed by atoms with Crippen molar-refractivity contribution in [2.75, 3.05) is 19.6 Å². The highest BCUT2D eigenvalue weighted by Gasteiger charge is 2.33. The molecule has 80 valence electrons. The van der Waals surface area contributed by atoms with E-state index in [1.165, 1.54) is 25.9 Å². The SMILES string of the molecule is NC(=O)CC1CCNC1N1CCCC1. The van der Waals surface area contributed by atoms with E-state index < -0.39 is 0 Å². The van der Waals surface area contributed by atoms with E-state index in [1.54, 1.807) is 0 Å². The molecule has 4 heteroatoms. The largest absolute Gasteiger partial charge is 0.370 e. The number of carbonyl (C=O) groups is 1. The van der Waals surface area contributed by atoms with E-state index in [-0.39, 0.29) is 5.91 Å². The second kappa shape index (κ2) is 4.28. The Morgan fingerprint density at radius 1 is 1.43 bits per heavy atom. The molecule has 2 unspecified atom stereocenters. The monoisotopic (exact) mass is 197 g/mol. The summed E-state index contributed by atoms with van der Waals surface area (Å²) in [5.74, 6) is 0.272. The van der Waals surface area contributed by atoms with Crippen molar-refractivity contribution in [2.24, 2.45) is 11.7 Å². The molecule has 2 aliphatic rings. The zero-order valence-electron chi connectivity index (χ0n) is 8.54. The summed E-state index contributed by atoms with van der Waals surface area (Å²) in [4.78, 5) is 13.4.